The summed E-state index contributed by atoms with van der Waals surface area (Å²) < 4.78 is 10.3. The molecular weight excluding hydrogens is 274 g/mol. The fourth-order valence-corrected chi connectivity index (χ4v) is 1.99. The lowest BCUT2D eigenvalue weighted by Crippen LogP contribution is -2.49. The van der Waals surface area contributed by atoms with E-state index in [4.69, 9.17) is 14.6 Å². The van der Waals surface area contributed by atoms with E-state index in [9.17, 15) is 9.59 Å². The summed E-state index contributed by atoms with van der Waals surface area (Å²) in [5.41, 5.74) is 0.862. The largest absolute Gasteiger partial charge is 0.480 e. The zero-order valence-corrected chi connectivity index (χ0v) is 11.9. The van der Waals surface area contributed by atoms with E-state index in [1.165, 1.54) is 11.8 Å². The SMILES string of the molecule is C[C@@H](C(=O)O)N(CC1COC1)C(=O)OCc1ccccc1. The number of amides is 1. The molecule has 0 unspecified atom stereocenters. The summed E-state index contributed by atoms with van der Waals surface area (Å²) >= 11 is 0. The summed E-state index contributed by atoms with van der Waals surface area (Å²) in [5, 5.41) is 9.11. The van der Waals surface area contributed by atoms with Gasteiger partial charge in [0.25, 0.3) is 0 Å². The minimum Gasteiger partial charge on any atom is -0.480 e. The molecule has 0 spiro atoms. The summed E-state index contributed by atoms with van der Waals surface area (Å²) in [6, 6.07) is 8.35. The Morgan fingerprint density at radius 1 is 1.38 bits per heavy atom. The van der Waals surface area contributed by atoms with Gasteiger partial charge in [0.1, 0.15) is 12.6 Å². The highest BCUT2D eigenvalue weighted by Gasteiger charge is 2.31. The number of hydrogen-bond donors (Lipinski definition) is 1. The van der Waals surface area contributed by atoms with Gasteiger partial charge in [0.2, 0.25) is 0 Å². The van der Waals surface area contributed by atoms with Crippen LogP contribution in [0.2, 0.25) is 0 Å². The monoisotopic (exact) mass is 293 g/mol. The second-order valence-corrected chi connectivity index (χ2v) is 5.11. The van der Waals surface area contributed by atoms with Crippen molar-refractivity contribution in [2.45, 2.75) is 19.6 Å². The molecule has 1 aliphatic rings. The first-order valence-corrected chi connectivity index (χ1v) is 6.86. The third kappa shape index (κ3) is 4.19. The zero-order valence-electron chi connectivity index (χ0n) is 11.9. The van der Waals surface area contributed by atoms with E-state index in [0.29, 0.717) is 19.8 Å². The average molecular weight is 293 g/mol. The van der Waals surface area contributed by atoms with Crippen LogP contribution in [0.4, 0.5) is 4.79 Å². The molecule has 1 atom stereocenters. The first-order valence-electron chi connectivity index (χ1n) is 6.86. The third-order valence-electron chi connectivity index (χ3n) is 3.43. The second-order valence-electron chi connectivity index (χ2n) is 5.11. The van der Waals surface area contributed by atoms with Gasteiger partial charge in [0, 0.05) is 12.5 Å². The van der Waals surface area contributed by atoms with Crippen molar-refractivity contribution in [2.75, 3.05) is 19.8 Å². The predicted molar refractivity (Wildman–Crippen MR) is 74.7 cm³/mol. The summed E-state index contributed by atoms with van der Waals surface area (Å²) in [5.74, 6) is -0.872. The number of rotatable bonds is 6. The highest BCUT2D eigenvalue weighted by Crippen LogP contribution is 2.15. The Bertz CT molecular complexity index is 486. The summed E-state index contributed by atoms with van der Waals surface area (Å²) in [7, 11) is 0. The number of carboxylic acids is 1. The van der Waals surface area contributed by atoms with Gasteiger partial charge in [-0.05, 0) is 12.5 Å². The van der Waals surface area contributed by atoms with Crippen molar-refractivity contribution in [3.05, 3.63) is 35.9 Å². The first kappa shape index (κ1) is 15.3. The van der Waals surface area contributed by atoms with Gasteiger partial charge in [-0.2, -0.15) is 0 Å². The Balaban J connectivity index is 1.94. The summed E-state index contributed by atoms with van der Waals surface area (Å²) in [6.45, 7) is 3.04. The molecule has 6 heteroatoms. The van der Waals surface area contributed by atoms with E-state index in [2.05, 4.69) is 0 Å². The number of hydrogen-bond acceptors (Lipinski definition) is 4. The van der Waals surface area contributed by atoms with Crippen LogP contribution < -0.4 is 0 Å². The Hall–Kier alpha value is -2.08. The van der Waals surface area contributed by atoms with Crippen LogP contribution in [0.15, 0.2) is 30.3 Å². The molecule has 1 aromatic rings. The molecule has 1 saturated heterocycles. The number of carboxylic acid groups (broad SMARTS) is 1. The Labute approximate surface area is 123 Å². The number of carbonyl (C=O) groups is 2. The molecule has 6 nitrogen and oxygen atoms in total. The number of aliphatic carboxylic acids is 1. The summed E-state index contributed by atoms with van der Waals surface area (Å²) in [6.07, 6.45) is -0.611. The van der Waals surface area contributed by atoms with E-state index in [1.54, 1.807) is 0 Å². The quantitative estimate of drug-likeness (QED) is 0.864. The molecular formula is C15H19NO5. The van der Waals surface area contributed by atoms with Gasteiger partial charge >= 0.3 is 12.1 Å². The van der Waals surface area contributed by atoms with E-state index in [1.807, 2.05) is 30.3 Å². The number of carbonyl (C=O) groups excluding carboxylic acids is 1. The van der Waals surface area contributed by atoms with E-state index < -0.39 is 18.1 Å². The minimum absolute atomic E-state index is 0.129. The average Bonchev–Trinajstić information content (AvgIpc) is 2.44. The lowest BCUT2D eigenvalue weighted by atomic mass is 10.1. The normalized spacial score (nSPS) is 15.9. The van der Waals surface area contributed by atoms with Crippen LogP contribution in [-0.2, 0) is 20.9 Å². The lowest BCUT2D eigenvalue weighted by molar-refractivity contribution is -0.143. The van der Waals surface area contributed by atoms with E-state index in [-0.39, 0.29) is 12.5 Å². The Morgan fingerprint density at radius 3 is 2.57 bits per heavy atom. The van der Waals surface area contributed by atoms with Gasteiger partial charge in [0.15, 0.2) is 0 Å². The van der Waals surface area contributed by atoms with Crippen LogP contribution in [0.25, 0.3) is 0 Å². The Kier molecular flexibility index (Phi) is 5.16. The molecule has 0 bridgehead atoms. The molecule has 1 aromatic carbocycles. The molecule has 1 aliphatic heterocycles. The van der Waals surface area contributed by atoms with Crippen molar-refractivity contribution < 1.29 is 24.2 Å². The molecule has 1 N–H and O–H groups in total. The van der Waals surface area contributed by atoms with Gasteiger partial charge in [-0.3, -0.25) is 4.90 Å². The molecule has 21 heavy (non-hydrogen) atoms. The minimum atomic E-state index is -1.05. The van der Waals surface area contributed by atoms with Crippen LogP contribution in [0.1, 0.15) is 12.5 Å². The second kappa shape index (κ2) is 7.08. The predicted octanol–water partition coefficient (Wildman–Crippen LogP) is 1.74. The van der Waals surface area contributed by atoms with Crippen molar-refractivity contribution in [3.8, 4) is 0 Å². The Morgan fingerprint density at radius 2 is 2.05 bits per heavy atom. The molecule has 0 aliphatic carbocycles. The van der Waals surface area contributed by atoms with Crippen LogP contribution in [0.3, 0.4) is 0 Å². The molecule has 1 fully saturated rings. The fourth-order valence-electron chi connectivity index (χ4n) is 1.99. The van der Waals surface area contributed by atoms with Crippen LogP contribution in [-0.4, -0.2) is 47.9 Å². The fraction of sp³-hybridized carbons (Fsp3) is 0.467. The maximum absolute atomic E-state index is 12.1. The van der Waals surface area contributed by atoms with Gasteiger partial charge < -0.3 is 14.6 Å². The van der Waals surface area contributed by atoms with E-state index >= 15 is 0 Å². The third-order valence-corrected chi connectivity index (χ3v) is 3.43. The van der Waals surface area contributed by atoms with Crippen molar-refractivity contribution >= 4 is 12.1 Å². The van der Waals surface area contributed by atoms with E-state index in [0.717, 1.165) is 5.56 Å². The standard InChI is InChI=1S/C15H19NO5/c1-11(14(17)18)16(7-13-8-20-9-13)15(19)21-10-12-5-3-2-4-6-12/h2-6,11,13H,7-10H2,1H3,(H,17,18)/t11-/m0/s1. The van der Waals surface area contributed by atoms with Crippen molar-refractivity contribution in [2.24, 2.45) is 5.92 Å². The molecule has 2 rings (SSSR count). The maximum atomic E-state index is 12.1. The molecule has 1 heterocycles. The van der Waals surface area contributed by atoms with Crippen LogP contribution >= 0.6 is 0 Å². The highest BCUT2D eigenvalue weighted by atomic mass is 16.6. The van der Waals surface area contributed by atoms with Crippen LogP contribution in [0.5, 0.6) is 0 Å². The van der Waals surface area contributed by atoms with Crippen molar-refractivity contribution in [1.29, 1.82) is 0 Å². The maximum Gasteiger partial charge on any atom is 0.410 e. The number of benzene rings is 1. The van der Waals surface area contributed by atoms with Crippen molar-refractivity contribution in [1.82, 2.24) is 4.90 Å². The zero-order chi connectivity index (χ0) is 15.2. The number of ether oxygens (including phenoxy) is 2. The van der Waals surface area contributed by atoms with Gasteiger partial charge in [-0.25, -0.2) is 9.59 Å². The molecule has 0 aromatic heterocycles. The number of nitrogens with zero attached hydrogens (tertiary/aromatic N) is 1. The lowest BCUT2D eigenvalue weighted by Gasteiger charge is -2.33. The van der Waals surface area contributed by atoms with Gasteiger partial charge in [-0.15, -0.1) is 0 Å². The molecule has 114 valence electrons. The summed E-state index contributed by atoms with van der Waals surface area (Å²) in [4.78, 5) is 24.5. The first-order chi connectivity index (χ1) is 10.1. The van der Waals surface area contributed by atoms with Gasteiger partial charge in [-0.1, -0.05) is 30.3 Å². The molecule has 0 radical (unpaired) electrons. The highest BCUT2D eigenvalue weighted by molar-refractivity contribution is 5.79. The van der Waals surface area contributed by atoms with Gasteiger partial charge in [0.05, 0.1) is 13.2 Å². The topological polar surface area (TPSA) is 76.1 Å². The van der Waals surface area contributed by atoms with Crippen molar-refractivity contribution in [3.63, 3.8) is 0 Å². The molecule has 1 amide bonds. The van der Waals surface area contributed by atoms with Crippen LogP contribution in [0, 0.1) is 5.92 Å². The smallest absolute Gasteiger partial charge is 0.410 e. The molecule has 0 saturated carbocycles.